The van der Waals surface area contributed by atoms with Gasteiger partial charge < -0.3 is 19.4 Å². The first-order valence-corrected chi connectivity index (χ1v) is 11.4. The van der Waals surface area contributed by atoms with Crippen LogP contribution in [0.1, 0.15) is 70.2 Å². The topological polar surface area (TPSA) is 164 Å². The van der Waals surface area contributed by atoms with Crippen LogP contribution in [0, 0.1) is 0 Å². The molecule has 1 aliphatic carbocycles. The highest BCUT2D eigenvalue weighted by atomic mass is 32.3. The predicted octanol–water partition coefficient (Wildman–Crippen LogP) is 1.52. The van der Waals surface area contributed by atoms with Crippen molar-refractivity contribution in [2.24, 2.45) is 0 Å². The van der Waals surface area contributed by atoms with E-state index >= 15 is 0 Å². The zero-order valence-electron chi connectivity index (χ0n) is 17.3. The molecule has 0 spiro atoms. The van der Waals surface area contributed by atoms with E-state index in [0.29, 0.717) is 36.6 Å². The lowest BCUT2D eigenvalue weighted by atomic mass is 9.80. The van der Waals surface area contributed by atoms with Crippen molar-refractivity contribution in [3.63, 3.8) is 0 Å². The number of aromatic nitrogens is 2. The number of rotatable bonds is 5. The Bertz CT molecular complexity index is 967. The number of alkyl carbamates (subject to hydrolysis) is 1. The first-order chi connectivity index (χ1) is 14.4. The zero-order valence-corrected chi connectivity index (χ0v) is 18.2. The lowest BCUT2D eigenvalue weighted by Gasteiger charge is -2.34. The van der Waals surface area contributed by atoms with Gasteiger partial charge in [0.05, 0.1) is 6.04 Å². The molecule has 3 fully saturated rings. The third kappa shape index (κ3) is 4.75. The third-order valence-corrected chi connectivity index (χ3v) is 5.80. The van der Waals surface area contributed by atoms with Crippen molar-refractivity contribution >= 4 is 22.5 Å². The molecule has 13 nitrogen and oxygen atoms in total. The van der Waals surface area contributed by atoms with Gasteiger partial charge >= 0.3 is 22.5 Å². The molecule has 31 heavy (non-hydrogen) atoms. The van der Waals surface area contributed by atoms with Gasteiger partial charge in [0.15, 0.2) is 0 Å². The number of ether oxygens (including phenoxy) is 1. The van der Waals surface area contributed by atoms with Crippen LogP contribution in [0.2, 0.25) is 0 Å². The molecule has 2 N–H and O–H groups in total. The Morgan fingerprint density at radius 1 is 1.23 bits per heavy atom. The van der Waals surface area contributed by atoms with Gasteiger partial charge in [0.25, 0.3) is 0 Å². The van der Waals surface area contributed by atoms with Crippen LogP contribution in [-0.2, 0) is 19.4 Å². The van der Waals surface area contributed by atoms with Crippen molar-refractivity contribution in [1.29, 1.82) is 0 Å². The van der Waals surface area contributed by atoms with Crippen molar-refractivity contribution in [2.45, 2.75) is 76.1 Å². The summed E-state index contributed by atoms with van der Waals surface area (Å²) in [6.07, 6.45) is 1.73. The maximum Gasteiger partial charge on any atom is 0.418 e. The molecule has 2 saturated heterocycles. The monoisotopic (exact) mass is 459 g/mol. The van der Waals surface area contributed by atoms with Crippen molar-refractivity contribution in [3.05, 3.63) is 11.8 Å². The molecule has 4 rings (SSSR count). The average molecular weight is 459 g/mol. The Kier molecular flexibility index (Phi) is 5.34. The minimum Gasteiger partial charge on any atom is -0.444 e. The standard InChI is InChI=1S/C17H25N5O8S/c1-17(2,3)29-15(23)18-10-6-9(7-10)13-19-20-14(28-13)12-5-4-11-8-21(12)16(24)22(11)30-31(25,26)27/h9-12H,4-8H2,1-3H3,(H,18,23)(H,25,26,27)/t9-,10-,11-,12+/m1/s1. The van der Waals surface area contributed by atoms with E-state index in [1.54, 1.807) is 20.8 Å². The molecule has 172 valence electrons. The second-order valence-corrected chi connectivity index (χ2v) is 10.0. The minimum atomic E-state index is -4.80. The highest BCUT2D eigenvalue weighted by Gasteiger charge is 2.49. The van der Waals surface area contributed by atoms with Crippen molar-refractivity contribution in [3.8, 4) is 0 Å². The Labute approximate surface area is 179 Å². The van der Waals surface area contributed by atoms with Gasteiger partial charge in [-0.15, -0.1) is 14.5 Å². The van der Waals surface area contributed by atoms with E-state index in [-0.39, 0.29) is 24.4 Å². The van der Waals surface area contributed by atoms with E-state index < -0.39 is 40.2 Å². The van der Waals surface area contributed by atoms with E-state index in [2.05, 4.69) is 19.8 Å². The molecule has 1 aromatic heterocycles. The number of urea groups is 1. The molecule has 1 saturated carbocycles. The lowest BCUT2D eigenvalue weighted by Crippen LogP contribution is -2.45. The predicted molar refractivity (Wildman–Crippen MR) is 102 cm³/mol. The minimum absolute atomic E-state index is 0.00818. The number of hydrogen-bond donors (Lipinski definition) is 2. The summed E-state index contributed by atoms with van der Waals surface area (Å²) in [6.45, 7) is 5.61. The molecular weight excluding hydrogens is 434 g/mol. The second kappa shape index (κ2) is 7.60. The molecule has 3 heterocycles. The first-order valence-electron chi connectivity index (χ1n) is 9.99. The maximum absolute atomic E-state index is 12.5. The number of amides is 3. The fraction of sp³-hybridized carbons (Fsp3) is 0.765. The molecule has 0 aromatic carbocycles. The fourth-order valence-electron chi connectivity index (χ4n) is 4.05. The van der Waals surface area contributed by atoms with Crippen LogP contribution in [0.5, 0.6) is 0 Å². The van der Waals surface area contributed by atoms with Crippen LogP contribution < -0.4 is 5.32 Å². The normalized spacial score (nSPS) is 28.5. The molecule has 3 amide bonds. The molecule has 0 unspecified atom stereocenters. The summed E-state index contributed by atoms with van der Waals surface area (Å²) in [5, 5.41) is 11.6. The number of nitrogens with zero attached hydrogens (tertiary/aromatic N) is 4. The first kappa shape index (κ1) is 21.8. The quantitative estimate of drug-likeness (QED) is 0.617. The molecule has 2 atom stereocenters. The molecule has 1 aromatic rings. The van der Waals surface area contributed by atoms with Gasteiger partial charge in [-0.05, 0) is 46.5 Å². The summed E-state index contributed by atoms with van der Waals surface area (Å²) in [5.41, 5.74) is -0.567. The van der Waals surface area contributed by atoms with Crippen molar-refractivity contribution in [1.82, 2.24) is 25.5 Å². The highest BCUT2D eigenvalue weighted by Crippen LogP contribution is 2.41. The van der Waals surface area contributed by atoms with E-state index in [9.17, 15) is 18.0 Å². The summed E-state index contributed by atoms with van der Waals surface area (Å²) in [4.78, 5) is 25.7. The van der Waals surface area contributed by atoms with Crippen LogP contribution in [0.3, 0.4) is 0 Å². The summed E-state index contributed by atoms with van der Waals surface area (Å²) in [5.74, 6) is 0.683. The maximum atomic E-state index is 12.5. The van der Waals surface area contributed by atoms with Crippen LogP contribution in [-0.4, -0.2) is 69.5 Å². The van der Waals surface area contributed by atoms with Gasteiger partial charge in [0.2, 0.25) is 11.8 Å². The van der Waals surface area contributed by atoms with E-state index in [4.69, 9.17) is 13.7 Å². The second-order valence-electron chi connectivity index (χ2n) is 9.00. The third-order valence-electron chi connectivity index (χ3n) is 5.45. The van der Waals surface area contributed by atoms with Gasteiger partial charge in [-0.3, -0.25) is 4.55 Å². The molecule has 2 aliphatic heterocycles. The molecule has 0 radical (unpaired) electrons. The Balaban J connectivity index is 1.34. The highest BCUT2D eigenvalue weighted by molar-refractivity contribution is 7.80. The zero-order chi connectivity index (χ0) is 22.6. The van der Waals surface area contributed by atoms with Crippen molar-refractivity contribution < 1.29 is 36.0 Å². The van der Waals surface area contributed by atoms with Gasteiger partial charge in [0, 0.05) is 18.5 Å². The van der Waals surface area contributed by atoms with Gasteiger partial charge in [-0.2, -0.15) is 13.5 Å². The van der Waals surface area contributed by atoms with Gasteiger partial charge in [-0.25, -0.2) is 9.59 Å². The van der Waals surface area contributed by atoms with Crippen LogP contribution in [0.25, 0.3) is 0 Å². The summed E-state index contributed by atoms with van der Waals surface area (Å²) >= 11 is 0. The number of piperidine rings is 1. The lowest BCUT2D eigenvalue weighted by molar-refractivity contribution is -0.0317. The Hall–Kier alpha value is -2.45. The summed E-state index contributed by atoms with van der Waals surface area (Å²) in [7, 11) is -4.80. The van der Waals surface area contributed by atoms with Gasteiger partial charge in [-0.1, -0.05) is 0 Å². The Morgan fingerprint density at radius 3 is 2.55 bits per heavy atom. The summed E-state index contributed by atoms with van der Waals surface area (Å²) < 4.78 is 46.3. The number of hydroxylamine groups is 2. The molecule has 3 aliphatic rings. The van der Waals surface area contributed by atoms with Crippen LogP contribution in [0.15, 0.2) is 4.42 Å². The number of fused-ring (bicyclic) bond motifs is 2. The fourth-order valence-corrected chi connectivity index (χ4v) is 4.43. The van der Waals surface area contributed by atoms with Crippen LogP contribution in [0.4, 0.5) is 9.59 Å². The van der Waals surface area contributed by atoms with Gasteiger partial charge in [0.1, 0.15) is 11.6 Å². The molecule has 14 heteroatoms. The molecule has 2 bridgehead atoms. The Morgan fingerprint density at radius 2 is 1.90 bits per heavy atom. The van der Waals surface area contributed by atoms with Crippen LogP contribution >= 0.6 is 0 Å². The number of hydrogen-bond acceptors (Lipinski definition) is 9. The van der Waals surface area contributed by atoms with E-state index in [0.717, 1.165) is 0 Å². The number of nitrogens with one attached hydrogen (secondary N) is 1. The molecular formula is C17H25N5O8S. The summed E-state index contributed by atoms with van der Waals surface area (Å²) in [6, 6.07) is -1.72. The van der Waals surface area contributed by atoms with E-state index in [1.165, 1.54) is 4.90 Å². The van der Waals surface area contributed by atoms with E-state index in [1.807, 2.05) is 0 Å². The SMILES string of the molecule is CC(C)(C)OC(=O)N[C@H]1C[C@H](c2nnc([C@@H]3CC[C@@H]4CN3C(=O)N4OS(=O)(=O)O)o2)C1. The smallest absolute Gasteiger partial charge is 0.418 e. The largest absolute Gasteiger partial charge is 0.444 e. The number of carbonyl (C=O) groups is 2. The average Bonchev–Trinajstić information content (AvgIpc) is 3.16. The van der Waals surface area contributed by atoms with Crippen molar-refractivity contribution in [2.75, 3.05) is 6.54 Å². The number of carbonyl (C=O) groups excluding carboxylic acids is 2.